The maximum Gasteiger partial charge on any atom is 0.274 e. The highest BCUT2D eigenvalue weighted by Crippen LogP contribution is 2.26. The SMILES string of the molecule is CC(C)c1cc(C(=O)N2CCc3c(c(C(=O)N4CCOCC4)nn3CCCc3ccccc3)C2)n[nH]1. The second kappa shape index (κ2) is 10.7. The molecule has 5 rings (SSSR count). The van der Waals surface area contributed by atoms with Gasteiger partial charge in [-0.15, -0.1) is 0 Å². The fourth-order valence-corrected chi connectivity index (χ4v) is 4.92. The monoisotopic (exact) mass is 490 g/mol. The van der Waals surface area contributed by atoms with Gasteiger partial charge in [0.2, 0.25) is 0 Å². The van der Waals surface area contributed by atoms with Gasteiger partial charge in [0, 0.05) is 49.6 Å². The number of aryl methyl sites for hydroxylation is 2. The third-order valence-corrected chi connectivity index (χ3v) is 7.04. The molecule has 1 N–H and O–H groups in total. The fraction of sp³-hybridized carbons (Fsp3) is 0.481. The summed E-state index contributed by atoms with van der Waals surface area (Å²) in [5.41, 5.74) is 5.04. The number of aromatic nitrogens is 4. The second-order valence-corrected chi connectivity index (χ2v) is 9.83. The van der Waals surface area contributed by atoms with Crippen molar-refractivity contribution in [3.05, 3.63) is 70.3 Å². The van der Waals surface area contributed by atoms with Crippen LogP contribution in [0.5, 0.6) is 0 Å². The molecule has 2 aliphatic heterocycles. The van der Waals surface area contributed by atoms with Crippen molar-refractivity contribution in [1.29, 1.82) is 0 Å². The van der Waals surface area contributed by atoms with E-state index in [1.165, 1.54) is 5.56 Å². The third-order valence-electron chi connectivity index (χ3n) is 7.04. The lowest BCUT2D eigenvalue weighted by Gasteiger charge is -2.29. The van der Waals surface area contributed by atoms with Crippen molar-refractivity contribution >= 4 is 11.8 Å². The van der Waals surface area contributed by atoms with E-state index >= 15 is 0 Å². The molecule has 0 bridgehead atoms. The molecule has 0 unspecified atom stereocenters. The van der Waals surface area contributed by atoms with Crippen LogP contribution in [0, 0.1) is 0 Å². The van der Waals surface area contributed by atoms with Crippen LogP contribution in [0.1, 0.15) is 69.7 Å². The minimum absolute atomic E-state index is 0.0764. The van der Waals surface area contributed by atoms with E-state index in [1.807, 2.05) is 21.7 Å². The van der Waals surface area contributed by atoms with Gasteiger partial charge >= 0.3 is 0 Å². The summed E-state index contributed by atoms with van der Waals surface area (Å²) in [6.07, 6.45) is 2.54. The van der Waals surface area contributed by atoms with Gasteiger partial charge in [-0.3, -0.25) is 19.4 Å². The first-order chi connectivity index (χ1) is 17.5. The van der Waals surface area contributed by atoms with Crippen LogP contribution in [-0.4, -0.2) is 74.4 Å². The summed E-state index contributed by atoms with van der Waals surface area (Å²) in [5, 5.41) is 12.0. The number of carbonyl (C=O) groups excluding carboxylic acids is 2. The zero-order valence-corrected chi connectivity index (χ0v) is 21.1. The maximum absolute atomic E-state index is 13.5. The molecule has 3 aromatic rings. The van der Waals surface area contributed by atoms with Crippen LogP contribution >= 0.6 is 0 Å². The Labute approximate surface area is 211 Å². The second-order valence-electron chi connectivity index (χ2n) is 9.83. The molecule has 0 saturated carbocycles. The number of carbonyl (C=O) groups is 2. The van der Waals surface area contributed by atoms with Gasteiger partial charge in [-0.05, 0) is 30.4 Å². The number of hydrogen-bond acceptors (Lipinski definition) is 5. The summed E-state index contributed by atoms with van der Waals surface area (Å²) < 4.78 is 7.43. The van der Waals surface area contributed by atoms with Crippen molar-refractivity contribution in [3.63, 3.8) is 0 Å². The van der Waals surface area contributed by atoms with Gasteiger partial charge in [0.1, 0.15) is 5.69 Å². The molecule has 9 heteroatoms. The quantitative estimate of drug-likeness (QED) is 0.549. The highest BCUT2D eigenvalue weighted by Gasteiger charge is 2.33. The lowest BCUT2D eigenvalue weighted by molar-refractivity contribution is 0.0296. The van der Waals surface area contributed by atoms with Crippen LogP contribution in [0.3, 0.4) is 0 Å². The van der Waals surface area contributed by atoms with E-state index in [0.717, 1.165) is 36.3 Å². The van der Waals surface area contributed by atoms with E-state index in [1.54, 1.807) is 4.90 Å². The number of fused-ring (bicyclic) bond motifs is 1. The zero-order valence-electron chi connectivity index (χ0n) is 21.1. The fourth-order valence-electron chi connectivity index (χ4n) is 4.92. The molecule has 0 atom stereocenters. The molecule has 2 amide bonds. The van der Waals surface area contributed by atoms with Gasteiger partial charge in [0.15, 0.2) is 5.69 Å². The molecule has 4 heterocycles. The number of benzene rings is 1. The molecule has 36 heavy (non-hydrogen) atoms. The first kappa shape index (κ1) is 24.2. The number of aromatic amines is 1. The Hall–Kier alpha value is -3.46. The topological polar surface area (TPSA) is 96.4 Å². The van der Waals surface area contributed by atoms with E-state index in [-0.39, 0.29) is 17.7 Å². The minimum Gasteiger partial charge on any atom is -0.378 e. The number of rotatable bonds is 7. The predicted molar refractivity (Wildman–Crippen MR) is 135 cm³/mol. The molecule has 190 valence electrons. The number of amides is 2. The average Bonchev–Trinajstić information content (AvgIpc) is 3.55. The molecule has 2 aromatic heterocycles. The number of hydrogen-bond donors (Lipinski definition) is 1. The summed E-state index contributed by atoms with van der Waals surface area (Å²) in [7, 11) is 0. The highest BCUT2D eigenvalue weighted by molar-refractivity contribution is 5.95. The first-order valence-corrected chi connectivity index (χ1v) is 12.9. The van der Waals surface area contributed by atoms with Gasteiger partial charge < -0.3 is 14.5 Å². The van der Waals surface area contributed by atoms with Crippen molar-refractivity contribution in [1.82, 2.24) is 29.8 Å². The molecule has 0 spiro atoms. The van der Waals surface area contributed by atoms with Gasteiger partial charge in [-0.2, -0.15) is 10.2 Å². The van der Waals surface area contributed by atoms with Crippen molar-refractivity contribution in [2.24, 2.45) is 0 Å². The van der Waals surface area contributed by atoms with Gasteiger partial charge in [0.25, 0.3) is 11.8 Å². The number of H-pyrrole nitrogens is 1. The van der Waals surface area contributed by atoms with Crippen LogP contribution in [-0.2, 0) is 30.7 Å². The van der Waals surface area contributed by atoms with E-state index < -0.39 is 0 Å². The van der Waals surface area contributed by atoms with E-state index in [4.69, 9.17) is 9.84 Å². The summed E-state index contributed by atoms with van der Waals surface area (Å²) in [4.78, 5) is 30.3. The average molecular weight is 491 g/mol. The molecule has 0 aliphatic carbocycles. The van der Waals surface area contributed by atoms with Crippen LogP contribution in [0.4, 0.5) is 0 Å². The van der Waals surface area contributed by atoms with E-state index in [9.17, 15) is 9.59 Å². The smallest absolute Gasteiger partial charge is 0.274 e. The highest BCUT2D eigenvalue weighted by atomic mass is 16.5. The Kier molecular flexibility index (Phi) is 7.18. The number of ether oxygens (including phenoxy) is 1. The standard InChI is InChI=1S/C27H34N6O3/c1-19(2)22-17-23(29-28-22)26(34)32-12-10-24-21(18-32)25(27(35)31-13-15-36-16-14-31)30-33(24)11-6-9-20-7-4-3-5-8-20/h3-5,7-8,17,19H,6,9-16,18H2,1-2H3,(H,28,29). The number of nitrogens with zero attached hydrogens (tertiary/aromatic N) is 5. The lowest BCUT2D eigenvalue weighted by Crippen LogP contribution is -2.42. The minimum atomic E-state index is -0.120. The van der Waals surface area contributed by atoms with Crippen LogP contribution in [0.2, 0.25) is 0 Å². The van der Waals surface area contributed by atoms with Gasteiger partial charge in [0.05, 0.1) is 19.8 Å². The normalized spacial score (nSPS) is 15.9. The van der Waals surface area contributed by atoms with Crippen molar-refractivity contribution in [3.8, 4) is 0 Å². The van der Waals surface area contributed by atoms with Crippen LogP contribution in [0.25, 0.3) is 0 Å². The van der Waals surface area contributed by atoms with Crippen molar-refractivity contribution < 1.29 is 14.3 Å². The molecule has 2 aliphatic rings. The summed E-state index contributed by atoms with van der Waals surface area (Å²) in [6.45, 7) is 7.98. The van der Waals surface area contributed by atoms with Crippen LogP contribution < -0.4 is 0 Å². The van der Waals surface area contributed by atoms with Crippen LogP contribution in [0.15, 0.2) is 36.4 Å². The first-order valence-electron chi connectivity index (χ1n) is 12.9. The zero-order chi connectivity index (χ0) is 25.1. The molecule has 1 saturated heterocycles. The molecular weight excluding hydrogens is 456 g/mol. The van der Waals surface area contributed by atoms with Crippen molar-refractivity contribution in [2.75, 3.05) is 32.8 Å². The Morgan fingerprint density at radius 1 is 1.06 bits per heavy atom. The summed E-state index contributed by atoms with van der Waals surface area (Å²) in [6, 6.07) is 12.2. The lowest BCUT2D eigenvalue weighted by atomic mass is 10.0. The molecular formula is C27H34N6O3. The van der Waals surface area contributed by atoms with E-state index in [0.29, 0.717) is 57.2 Å². The number of morpholine rings is 1. The Morgan fingerprint density at radius 2 is 1.83 bits per heavy atom. The molecule has 1 fully saturated rings. The molecule has 1 aromatic carbocycles. The molecule has 0 radical (unpaired) electrons. The van der Waals surface area contributed by atoms with Crippen molar-refractivity contribution in [2.45, 2.75) is 52.1 Å². The Balaban J connectivity index is 1.37. The van der Waals surface area contributed by atoms with Gasteiger partial charge in [-0.1, -0.05) is 44.2 Å². The number of nitrogens with one attached hydrogen (secondary N) is 1. The molecule has 9 nitrogen and oxygen atoms in total. The third kappa shape index (κ3) is 5.06. The predicted octanol–water partition coefficient (Wildman–Crippen LogP) is 3.03. The Bertz CT molecular complexity index is 1210. The summed E-state index contributed by atoms with van der Waals surface area (Å²) >= 11 is 0. The summed E-state index contributed by atoms with van der Waals surface area (Å²) in [5.74, 6) is 0.0665. The Morgan fingerprint density at radius 3 is 2.56 bits per heavy atom. The maximum atomic E-state index is 13.5. The largest absolute Gasteiger partial charge is 0.378 e. The van der Waals surface area contributed by atoms with Gasteiger partial charge in [-0.25, -0.2) is 0 Å². The van der Waals surface area contributed by atoms with E-state index in [2.05, 4.69) is 48.3 Å².